The topological polar surface area (TPSA) is 70.6 Å². The van der Waals surface area contributed by atoms with Gasteiger partial charge in [0, 0.05) is 24.4 Å². The fourth-order valence-corrected chi connectivity index (χ4v) is 5.97. The lowest BCUT2D eigenvalue weighted by molar-refractivity contribution is 0.0685. The summed E-state index contributed by atoms with van der Waals surface area (Å²) < 4.78 is 23.9. The largest absolute Gasteiger partial charge is 0.333 e. The maximum atomic E-state index is 13.1. The van der Waals surface area contributed by atoms with E-state index in [1.54, 1.807) is 10.3 Å². The van der Waals surface area contributed by atoms with Gasteiger partial charge in [-0.15, -0.1) is 11.3 Å². The Balaban J connectivity index is 1.73. The number of amides is 1. The molecule has 0 N–H and O–H groups in total. The zero-order valence-corrected chi connectivity index (χ0v) is 18.0. The molecule has 1 atom stereocenters. The Kier molecular flexibility index (Phi) is 6.85. The predicted molar refractivity (Wildman–Crippen MR) is 113 cm³/mol. The molecular formula is C20H27N3O3S2. The number of hydrogen-bond acceptors (Lipinski definition) is 6. The Bertz CT molecular complexity index is 894. The number of nitrogens with zero attached hydrogens (tertiary/aromatic N) is 3. The van der Waals surface area contributed by atoms with Crippen LogP contribution in [-0.4, -0.2) is 73.8 Å². The van der Waals surface area contributed by atoms with Crippen molar-refractivity contribution < 1.29 is 13.2 Å². The molecule has 0 aliphatic carbocycles. The minimum Gasteiger partial charge on any atom is -0.333 e. The highest BCUT2D eigenvalue weighted by molar-refractivity contribution is 7.91. The maximum Gasteiger partial charge on any atom is 0.273 e. The van der Waals surface area contributed by atoms with Crippen LogP contribution >= 0.6 is 11.3 Å². The van der Waals surface area contributed by atoms with Gasteiger partial charge in [-0.2, -0.15) is 0 Å². The predicted octanol–water partition coefficient (Wildman–Crippen LogP) is 2.31. The second kappa shape index (κ2) is 9.15. The number of carbonyl (C=O) groups excluding carboxylic acids is 1. The molecule has 0 radical (unpaired) electrons. The molecule has 1 aromatic carbocycles. The van der Waals surface area contributed by atoms with Gasteiger partial charge in [-0.3, -0.25) is 4.79 Å². The standard InChI is InChI=1S/C20H27N3O3S2/c1-22(2)10-6-11-23(17-9-12-28(25,26)15-17)20(24)18-14-27-19(21-18)13-16-7-4-3-5-8-16/h3-5,7-8,14,17H,6,9-13,15H2,1-2H3. The Morgan fingerprint density at radius 2 is 1.96 bits per heavy atom. The summed E-state index contributed by atoms with van der Waals surface area (Å²) in [6.07, 6.45) is 2.00. The molecule has 1 aliphatic heterocycles. The number of rotatable bonds is 8. The number of benzene rings is 1. The van der Waals surface area contributed by atoms with Crippen molar-refractivity contribution in [2.45, 2.75) is 25.3 Å². The van der Waals surface area contributed by atoms with E-state index in [1.807, 2.05) is 44.4 Å². The van der Waals surface area contributed by atoms with Gasteiger partial charge in [-0.1, -0.05) is 30.3 Å². The molecule has 1 aromatic heterocycles. The van der Waals surface area contributed by atoms with Crippen molar-refractivity contribution in [1.29, 1.82) is 0 Å². The average molecular weight is 422 g/mol. The molecular weight excluding hydrogens is 394 g/mol. The van der Waals surface area contributed by atoms with Gasteiger partial charge in [0.2, 0.25) is 0 Å². The Labute approximate surface area is 171 Å². The molecule has 8 heteroatoms. The van der Waals surface area contributed by atoms with Crippen LogP contribution in [0.15, 0.2) is 35.7 Å². The van der Waals surface area contributed by atoms with Gasteiger partial charge in [0.05, 0.1) is 16.5 Å². The summed E-state index contributed by atoms with van der Waals surface area (Å²) >= 11 is 1.48. The van der Waals surface area contributed by atoms with Gasteiger partial charge < -0.3 is 9.80 Å². The number of sulfone groups is 1. The van der Waals surface area contributed by atoms with Gasteiger partial charge in [0.15, 0.2) is 9.84 Å². The Hall–Kier alpha value is -1.77. The monoisotopic (exact) mass is 421 g/mol. The smallest absolute Gasteiger partial charge is 0.273 e. The average Bonchev–Trinajstić information content (AvgIpc) is 3.25. The van der Waals surface area contributed by atoms with Crippen LogP contribution < -0.4 is 0 Å². The molecule has 1 amide bonds. The summed E-state index contributed by atoms with van der Waals surface area (Å²) in [6, 6.07) is 9.78. The van der Waals surface area contributed by atoms with Gasteiger partial charge >= 0.3 is 0 Å². The molecule has 1 aliphatic rings. The van der Waals surface area contributed by atoms with E-state index in [-0.39, 0.29) is 23.5 Å². The van der Waals surface area contributed by atoms with E-state index in [4.69, 9.17) is 0 Å². The third-order valence-corrected chi connectivity index (χ3v) is 7.48. The Morgan fingerprint density at radius 3 is 2.61 bits per heavy atom. The highest BCUT2D eigenvalue weighted by atomic mass is 32.2. The Morgan fingerprint density at radius 1 is 1.21 bits per heavy atom. The molecule has 6 nitrogen and oxygen atoms in total. The zero-order chi connectivity index (χ0) is 20.1. The first-order valence-electron chi connectivity index (χ1n) is 9.48. The van der Waals surface area contributed by atoms with E-state index >= 15 is 0 Å². The summed E-state index contributed by atoms with van der Waals surface area (Å²) in [7, 11) is 0.922. The van der Waals surface area contributed by atoms with Crippen LogP contribution in [0, 0.1) is 0 Å². The molecule has 2 aromatic rings. The molecule has 0 spiro atoms. The first-order chi connectivity index (χ1) is 13.3. The van der Waals surface area contributed by atoms with Crippen LogP contribution in [0.5, 0.6) is 0 Å². The number of carbonyl (C=O) groups is 1. The summed E-state index contributed by atoms with van der Waals surface area (Å²) in [5, 5.41) is 2.69. The molecule has 28 heavy (non-hydrogen) atoms. The van der Waals surface area contributed by atoms with E-state index in [2.05, 4.69) is 9.88 Å². The molecule has 0 saturated carbocycles. The molecule has 152 valence electrons. The van der Waals surface area contributed by atoms with Gasteiger partial charge in [-0.25, -0.2) is 13.4 Å². The fourth-order valence-electron chi connectivity index (χ4n) is 3.44. The summed E-state index contributed by atoms with van der Waals surface area (Å²) in [5.74, 6) is 0.0593. The van der Waals surface area contributed by atoms with E-state index in [9.17, 15) is 13.2 Å². The highest BCUT2D eigenvalue weighted by Gasteiger charge is 2.35. The lowest BCUT2D eigenvalue weighted by Gasteiger charge is -2.28. The fraction of sp³-hybridized carbons (Fsp3) is 0.500. The van der Waals surface area contributed by atoms with Crippen molar-refractivity contribution in [3.8, 4) is 0 Å². The minimum absolute atomic E-state index is 0.0573. The summed E-state index contributed by atoms with van der Waals surface area (Å²) in [5.41, 5.74) is 1.57. The van der Waals surface area contributed by atoms with E-state index in [1.165, 1.54) is 11.3 Å². The second-order valence-electron chi connectivity index (χ2n) is 7.50. The molecule has 2 heterocycles. The normalized spacial score (nSPS) is 18.5. The first kappa shape index (κ1) is 21.0. The summed E-state index contributed by atoms with van der Waals surface area (Å²) in [6.45, 7) is 1.39. The van der Waals surface area contributed by atoms with Crippen LogP contribution in [0.2, 0.25) is 0 Å². The van der Waals surface area contributed by atoms with Gasteiger partial charge in [0.25, 0.3) is 5.91 Å². The van der Waals surface area contributed by atoms with Crippen LogP contribution in [0.25, 0.3) is 0 Å². The van der Waals surface area contributed by atoms with Crippen LogP contribution in [0.1, 0.15) is 33.9 Å². The molecule has 1 saturated heterocycles. The lowest BCUT2D eigenvalue weighted by Crippen LogP contribution is -2.42. The molecule has 1 fully saturated rings. The highest BCUT2D eigenvalue weighted by Crippen LogP contribution is 2.22. The van der Waals surface area contributed by atoms with Crippen LogP contribution in [0.4, 0.5) is 0 Å². The first-order valence-corrected chi connectivity index (χ1v) is 12.2. The van der Waals surface area contributed by atoms with Crippen molar-refractivity contribution in [2.24, 2.45) is 0 Å². The second-order valence-corrected chi connectivity index (χ2v) is 10.7. The van der Waals surface area contributed by atoms with Crippen molar-refractivity contribution in [3.05, 3.63) is 52.0 Å². The zero-order valence-electron chi connectivity index (χ0n) is 16.4. The summed E-state index contributed by atoms with van der Waals surface area (Å²) in [4.78, 5) is 21.5. The minimum atomic E-state index is -3.06. The number of thiazole rings is 1. The number of hydrogen-bond donors (Lipinski definition) is 0. The molecule has 3 rings (SSSR count). The van der Waals surface area contributed by atoms with Crippen LogP contribution in [-0.2, 0) is 16.3 Å². The van der Waals surface area contributed by atoms with Crippen LogP contribution in [0.3, 0.4) is 0 Å². The van der Waals surface area contributed by atoms with Crippen molar-refractivity contribution in [2.75, 3.05) is 38.7 Å². The van der Waals surface area contributed by atoms with Crippen molar-refractivity contribution >= 4 is 27.1 Å². The van der Waals surface area contributed by atoms with E-state index in [0.717, 1.165) is 23.5 Å². The van der Waals surface area contributed by atoms with E-state index < -0.39 is 9.84 Å². The van der Waals surface area contributed by atoms with Gasteiger partial charge in [0.1, 0.15) is 5.69 Å². The quantitative estimate of drug-likeness (QED) is 0.654. The SMILES string of the molecule is CN(C)CCCN(C(=O)c1csc(Cc2ccccc2)n1)C1CCS(=O)(=O)C1. The molecule has 0 bridgehead atoms. The third-order valence-electron chi connectivity index (χ3n) is 4.88. The van der Waals surface area contributed by atoms with Crippen molar-refractivity contribution in [3.63, 3.8) is 0 Å². The van der Waals surface area contributed by atoms with Crippen molar-refractivity contribution in [1.82, 2.24) is 14.8 Å². The maximum absolute atomic E-state index is 13.1. The third kappa shape index (κ3) is 5.62. The number of aromatic nitrogens is 1. The van der Waals surface area contributed by atoms with E-state index in [0.29, 0.717) is 25.1 Å². The van der Waals surface area contributed by atoms with Gasteiger partial charge in [-0.05, 0) is 39.0 Å². The lowest BCUT2D eigenvalue weighted by atomic mass is 10.1. The molecule has 1 unspecified atom stereocenters.